The lowest BCUT2D eigenvalue weighted by Crippen LogP contribution is -2.28. The molecule has 1 saturated heterocycles. The van der Waals surface area contributed by atoms with Gasteiger partial charge in [-0.3, -0.25) is 0 Å². The van der Waals surface area contributed by atoms with E-state index >= 15 is 0 Å². The van der Waals surface area contributed by atoms with Crippen LogP contribution in [0.3, 0.4) is 0 Å². The monoisotopic (exact) mass is 240 g/mol. The molecule has 0 aromatic heterocycles. The quantitative estimate of drug-likeness (QED) is 0.542. The molecule has 0 radical (unpaired) electrons. The Bertz CT molecular complexity index is 340. The molecule has 94 valence electrons. The minimum Gasteiger partial charge on any atom is -0.390 e. The summed E-state index contributed by atoms with van der Waals surface area (Å²) >= 11 is 0. The first-order valence-corrected chi connectivity index (χ1v) is 4.77. The molecule has 0 spiro atoms. The first-order valence-electron chi connectivity index (χ1n) is 4.77. The second-order valence-corrected chi connectivity index (χ2v) is 3.03. The number of rotatable bonds is 1. The number of hydrogen-bond acceptors (Lipinski definition) is 6. The van der Waals surface area contributed by atoms with Crippen LogP contribution in [0.5, 0.6) is 0 Å². The highest BCUT2D eigenvalue weighted by Gasteiger charge is 2.16. The predicted octanol–water partition coefficient (Wildman–Crippen LogP) is 0.394. The molecule has 0 saturated carbocycles. The van der Waals surface area contributed by atoms with Gasteiger partial charge in [-0.2, -0.15) is 0 Å². The topological polar surface area (TPSA) is 114 Å². The van der Waals surface area contributed by atoms with Crippen LogP contribution in [0.2, 0.25) is 0 Å². The van der Waals surface area contributed by atoms with E-state index in [4.69, 9.17) is 5.73 Å². The molecule has 1 aromatic rings. The third-order valence-corrected chi connectivity index (χ3v) is 1.75. The fraction of sp³-hybridized carbons (Fsp3) is 0.273. The van der Waals surface area contributed by atoms with Gasteiger partial charge in [0.05, 0.1) is 0 Å². The van der Waals surface area contributed by atoms with Crippen molar-refractivity contribution < 1.29 is 19.1 Å². The van der Waals surface area contributed by atoms with Crippen molar-refractivity contribution in [1.29, 1.82) is 0 Å². The van der Waals surface area contributed by atoms with Crippen LogP contribution in [0.25, 0.3) is 0 Å². The number of carbonyl (C=O) groups is 2. The average molecular weight is 240 g/mol. The van der Waals surface area contributed by atoms with Crippen molar-refractivity contribution in [2.75, 3.05) is 13.2 Å². The molecule has 1 fully saturated rings. The van der Waals surface area contributed by atoms with E-state index in [-0.39, 0.29) is 19.4 Å². The highest BCUT2D eigenvalue weighted by molar-refractivity contribution is 5.88. The maximum absolute atomic E-state index is 10.1. The maximum Gasteiger partial charge on any atom is 0.339 e. The van der Waals surface area contributed by atoms with Crippen LogP contribution in [0, 0.1) is 0 Å². The molecule has 0 atom stereocenters. The molecule has 6 heteroatoms. The van der Waals surface area contributed by atoms with Gasteiger partial charge in [-0.25, -0.2) is 9.59 Å². The van der Waals surface area contributed by atoms with Crippen LogP contribution in [0.1, 0.15) is 5.56 Å². The summed E-state index contributed by atoms with van der Waals surface area (Å²) in [4.78, 5) is 20.2. The molecule has 0 amide bonds. The van der Waals surface area contributed by atoms with Crippen molar-refractivity contribution in [2.24, 2.45) is 5.73 Å². The van der Waals surface area contributed by atoms with Crippen LogP contribution in [0.15, 0.2) is 30.3 Å². The lowest BCUT2D eigenvalue weighted by molar-refractivity contribution is -0.174. The Hall–Kier alpha value is -1.76. The van der Waals surface area contributed by atoms with Crippen LogP contribution in [0.4, 0.5) is 0 Å². The van der Waals surface area contributed by atoms with E-state index in [0.29, 0.717) is 6.54 Å². The van der Waals surface area contributed by atoms with Gasteiger partial charge in [-0.05, 0) is 5.56 Å². The fourth-order valence-corrected chi connectivity index (χ4v) is 1.02. The zero-order valence-electron chi connectivity index (χ0n) is 9.43. The number of cyclic esters (lactones) is 2. The maximum atomic E-state index is 10.1. The van der Waals surface area contributed by atoms with Gasteiger partial charge in [-0.15, -0.1) is 0 Å². The Kier molecular flexibility index (Phi) is 7.53. The summed E-state index contributed by atoms with van der Waals surface area (Å²) in [5.41, 5.74) is 6.54. The summed E-state index contributed by atoms with van der Waals surface area (Å²) in [5.74, 6) is -1.22. The lowest BCUT2D eigenvalue weighted by atomic mass is 10.2. The average Bonchev–Trinajstić information content (AvgIpc) is 2.31. The number of benzene rings is 1. The molecule has 6 nitrogen and oxygen atoms in total. The highest BCUT2D eigenvalue weighted by Crippen LogP contribution is 1.94. The normalized spacial score (nSPS) is 13.9. The van der Waals surface area contributed by atoms with Gasteiger partial charge in [0.1, 0.15) is 13.2 Å². The van der Waals surface area contributed by atoms with Crippen molar-refractivity contribution in [1.82, 2.24) is 6.15 Å². The smallest absolute Gasteiger partial charge is 0.339 e. The second kappa shape index (κ2) is 8.40. The molecule has 0 bridgehead atoms. The van der Waals surface area contributed by atoms with Crippen molar-refractivity contribution in [3.63, 3.8) is 0 Å². The van der Waals surface area contributed by atoms with E-state index in [9.17, 15) is 9.59 Å². The van der Waals surface area contributed by atoms with Crippen molar-refractivity contribution in [3.05, 3.63) is 35.9 Å². The SMILES string of the molecule is N.NCc1ccccc1.O=C1COCC(=O)O1. The van der Waals surface area contributed by atoms with E-state index in [1.54, 1.807) is 0 Å². The third kappa shape index (κ3) is 6.41. The summed E-state index contributed by atoms with van der Waals surface area (Å²) in [6.45, 7) is 0.429. The van der Waals surface area contributed by atoms with Gasteiger partial charge < -0.3 is 21.4 Å². The minimum atomic E-state index is -0.610. The van der Waals surface area contributed by atoms with Crippen LogP contribution in [-0.4, -0.2) is 25.2 Å². The van der Waals surface area contributed by atoms with Crippen LogP contribution >= 0.6 is 0 Å². The van der Waals surface area contributed by atoms with E-state index in [1.807, 2.05) is 30.3 Å². The van der Waals surface area contributed by atoms with Gasteiger partial charge in [-0.1, -0.05) is 30.3 Å². The highest BCUT2D eigenvalue weighted by atomic mass is 16.6. The Morgan fingerprint density at radius 3 is 1.88 bits per heavy atom. The van der Waals surface area contributed by atoms with Gasteiger partial charge in [0.15, 0.2) is 0 Å². The summed E-state index contributed by atoms with van der Waals surface area (Å²) in [6, 6.07) is 9.99. The molecule has 1 aromatic carbocycles. The number of ether oxygens (including phenoxy) is 2. The first-order chi connectivity index (χ1) is 7.72. The number of hydrogen-bond donors (Lipinski definition) is 2. The molecule has 17 heavy (non-hydrogen) atoms. The molecular formula is C11H16N2O4. The molecule has 0 aliphatic carbocycles. The summed E-state index contributed by atoms with van der Waals surface area (Å²) in [5, 5.41) is 0. The Morgan fingerprint density at radius 1 is 1.06 bits per heavy atom. The first kappa shape index (κ1) is 15.2. The molecular weight excluding hydrogens is 224 g/mol. The van der Waals surface area contributed by atoms with Crippen LogP contribution in [-0.2, 0) is 25.6 Å². The van der Waals surface area contributed by atoms with Crippen molar-refractivity contribution in [3.8, 4) is 0 Å². The Labute approximate surface area is 99.3 Å². The van der Waals surface area contributed by atoms with Crippen LogP contribution < -0.4 is 11.9 Å². The molecule has 1 heterocycles. The lowest BCUT2D eigenvalue weighted by Gasteiger charge is -2.07. The number of esters is 2. The summed E-state index contributed by atoms with van der Waals surface area (Å²) in [7, 11) is 0. The Balaban J connectivity index is 0.000000284. The number of nitrogens with two attached hydrogens (primary N) is 1. The third-order valence-electron chi connectivity index (χ3n) is 1.75. The summed E-state index contributed by atoms with van der Waals surface area (Å²) < 4.78 is 8.55. The second-order valence-electron chi connectivity index (χ2n) is 3.03. The Morgan fingerprint density at radius 2 is 1.59 bits per heavy atom. The van der Waals surface area contributed by atoms with Gasteiger partial charge in [0, 0.05) is 6.54 Å². The number of carbonyl (C=O) groups excluding carboxylic acids is 2. The largest absolute Gasteiger partial charge is 0.390 e. The molecule has 0 unspecified atom stereocenters. The van der Waals surface area contributed by atoms with E-state index in [2.05, 4.69) is 9.47 Å². The van der Waals surface area contributed by atoms with Gasteiger partial charge in [0.25, 0.3) is 0 Å². The summed E-state index contributed by atoms with van der Waals surface area (Å²) in [6.07, 6.45) is 0. The van der Waals surface area contributed by atoms with E-state index < -0.39 is 11.9 Å². The molecule has 1 aliphatic rings. The standard InChI is InChI=1S/C7H9N.C4H4O4.H3N/c8-6-7-4-2-1-3-5-7;5-3-1-7-2-4(6)8-3;/h1-5H,6,8H2;1-2H2;1H3. The van der Waals surface area contributed by atoms with E-state index in [0.717, 1.165) is 0 Å². The molecule has 5 N–H and O–H groups in total. The fourth-order valence-electron chi connectivity index (χ4n) is 1.02. The van der Waals surface area contributed by atoms with Crippen molar-refractivity contribution in [2.45, 2.75) is 6.54 Å². The minimum absolute atomic E-state index is 0. The predicted molar refractivity (Wildman–Crippen MR) is 61.3 cm³/mol. The molecule has 2 rings (SSSR count). The van der Waals surface area contributed by atoms with Gasteiger partial charge >= 0.3 is 11.9 Å². The van der Waals surface area contributed by atoms with Crippen molar-refractivity contribution >= 4 is 11.9 Å². The molecule has 1 aliphatic heterocycles. The van der Waals surface area contributed by atoms with Gasteiger partial charge in [0.2, 0.25) is 0 Å². The zero-order chi connectivity index (χ0) is 11.8. The van der Waals surface area contributed by atoms with E-state index in [1.165, 1.54) is 5.56 Å². The zero-order valence-corrected chi connectivity index (χ0v) is 9.43.